The second kappa shape index (κ2) is 6.28. The van der Waals surface area contributed by atoms with Gasteiger partial charge in [0.1, 0.15) is 0 Å². The van der Waals surface area contributed by atoms with Crippen LogP contribution in [0.15, 0.2) is 59.4 Å². The molecule has 108 valence electrons. The summed E-state index contributed by atoms with van der Waals surface area (Å²) in [6, 6.07) is 20.3. The minimum atomic E-state index is -0.201. The quantitative estimate of drug-likeness (QED) is 0.674. The molecular formula is C19H16N2O. The third-order valence-corrected chi connectivity index (χ3v) is 3.43. The Kier molecular flexibility index (Phi) is 4.02. The Morgan fingerprint density at radius 1 is 1.05 bits per heavy atom. The Morgan fingerprint density at radius 2 is 1.86 bits per heavy atom. The molecule has 3 rings (SSSR count). The van der Waals surface area contributed by atoms with Gasteiger partial charge in [-0.05, 0) is 23.3 Å². The van der Waals surface area contributed by atoms with E-state index < -0.39 is 0 Å². The lowest BCUT2D eigenvalue weighted by atomic mass is 10.0. The number of benzene rings is 2. The van der Waals surface area contributed by atoms with Crippen LogP contribution in [0, 0.1) is 12.0 Å². The van der Waals surface area contributed by atoms with Gasteiger partial charge in [-0.3, -0.25) is 4.79 Å². The van der Waals surface area contributed by atoms with Gasteiger partial charge in [0.25, 0.3) is 5.56 Å². The third-order valence-electron chi connectivity index (χ3n) is 3.43. The maximum absolute atomic E-state index is 11.9. The van der Waals surface area contributed by atoms with Crippen LogP contribution in [0.1, 0.15) is 19.8 Å². The molecule has 0 unspecified atom stereocenters. The van der Waals surface area contributed by atoms with E-state index in [9.17, 15) is 4.79 Å². The topological polar surface area (TPSA) is 34.9 Å². The fourth-order valence-electron chi connectivity index (χ4n) is 2.34. The molecule has 1 aromatic heterocycles. The van der Waals surface area contributed by atoms with Crippen molar-refractivity contribution in [2.45, 2.75) is 19.8 Å². The van der Waals surface area contributed by atoms with Crippen LogP contribution in [-0.4, -0.2) is 9.78 Å². The first-order valence-corrected chi connectivity index (χ1v) is 7.37. The summed E-state index contributed by atoms with van der Waals surface area (Å²) in [7, 11) is 0. The predicted molar refractivity (Wildman–Crippen MR) is 89.5 cm³/mol. The Morgan fingerprint density at radius 3 is 2.73 bits per heavy atom. The Balaban J connectivity index is 2.14. The van der Waals surface area contributed by atoms with Crippen molar-refractivity contribution < 1.29 is 0 Å². The normalized spacial score (nSPS) is 10.2. The molecule has 3 nitrogen and oxygen atoms in total. The molecule has 0 amide bonds. The SMILES string of the molecule is CCCC#Cn1nc(-c2cccc3ccccc23)ccc1=O. The summed E-state index contributed by atoms with van der Waals surface area (Å²) in [5.41, 5.74) is 1.55. The Hall–Kier alpha value is -2.86. The Labute approximate surface area is 129 Å². The molecular weight excluding hydrogens is 272 g/mol. The molecule has 0 aliphatic rings. The van der Waals surface area contributed by atoms with Crippen LogP contribution in [0.5, 0.6) is 0 Å². The van der Waals surface area contributed by atoms with Crippen molar-refractivity contribution in [3.63, 3.8) is 0 Å². The highest BCUT2D eigenvalue weighted by Gasteiger charge is 2.06. The second-order valence-corrected chi connectivity index (χ2v) is 5.03. The summed E-state index contributed by atoms with van der Waals surface area (Å²) in [5, 5.41) is 6.66. The number of rotatable bonds is 2. The van der Waals surface area contributed by atoms with Gasteiger partial charge in [0.15, 0.2) is 0 Å². The van der Waals surface area contributed by atoms with Crippen LogP contribution in [0.25, 0.3) is 22.0 Å². The molecule has 0 aliphatic heterocycles. The van der Waals surface area contributed by atoms with Crippen LogP contribution in [0.4, 0.5) is 0 Å². The van der Waals surface area contributed by atoms with Gasteiger partial charge in [-0.15, -0.1) is 0 Å². The van der Waals surface area contributed by atoms with Gasteiger partial charge in [0, 0.05) is 24.1 Å². The first-order chi connectivity index (χ1) is 10.8. The van der Waals surface area contributed by atoms with E-state index in [4.69, 9.17) is 0 Å². The second-order valence-electron chi connectivity index (χ2n) is 5.03. The van der Waals surface area contributed by atoms with Gasteiger partial charge in [-0.1, -0.05) is 55.3 Å². The number of nitrogens with zero attached hydrogens (tertiary/aromatic N) is 2. The molecule has 3 heteroatoms. The lowest BCUT2D eigenvalue weighted by Gasteiger charge is -2.06. The molecule has 0 bridgehead atoms. The van der Waals surface area contributed by atoms with Gasteiger partial charge >= 0.3 is 0 Å². The maximum Gasteiger partial charge on any atom is 0.279 e. The van der Waals surface area contributed by atoms with E-state index in [0.717, 1.165) is 34.9 Å². The summed E-state index contributed by atoms with van der Waals surface area (Å²) < 4.78 is 1.23. The molecule has 0 radical (unpaired) electrons. The molecule has 1 heterocycles. The summed E-state index contributed by atoms with van der Waals surface area (Å²) in [6.07, 6.45) is 1.72. The average Bonchev–Trinajstić information content (AvgIpc) is 2.56. The van der Waals surface area contributed by atoms with Crippen molar-refractivity contribution in [2.24, 2.45) is 0 Å². The molecule has 22 heavy (non-hydrogen) atoms. The molecule has 3 aromatic rings. The van der Waals surface area contributed by atoms with Crippen LogP contribution < -0.4 is 5.56 Å². The molecule has 0 saturated heterocycles. The first-order valence-electron chi connectivity index (χ1n) is 7.37. The van der Waals surface area contributed by atoms with Crippen molar-refractivity contribution in [1.29, 1.82) is 0 Å². The van der Waals surface area contributed by atoms with E-state index in [1.807, 2.05) is 24.3 Å². The van der Waals surface area contributed by atoms with E-state index in [2.05, 4.69) is 42.2 Å². The van der Waals surface area contributed by atoms with E-state index in [1.165, 1.54) is 10.7 Å². The molecule has 0 aliphatic carbocycles. The zero-order valence-electron chi connectivity index (χ0n) is 12.4. The number of hydrogen-bond donors (Lipinski definition) is 0. The van der Waals surface area contributed by atoms with Crippen molar-refractivity contribution in [1.82, 2.24) is 9.78 Å². The summed E-state index contributed by atoms with van der Waals surface area (Å²) in [4.78, 5) is 11.9. The smallest absolute Gasteiger partial charge is 0.267 e. The van der Waals surface area contributed by atoms with Crippen molar-refractivity contribution in [3.8, 4) is 23.2 Å². The van der Waals surface area contributed by atoms with E-state index in [0.29, 0.717) is 0 Å². The zero-order chi connectivity index (χ0) is 15.4. The average molecular weight is 288 g/mol. The van der Waals surface area contributed by atoms with Crippen LogP contribution in [0.3, 0.4) is 0 Å². The molecule has 0 spiro atoms. The van der Waals surface area contributed by atoms with E-state index in [-0.39, 0.29) is 5.56 Å². The van der Waals surface area contributed by atoms with Crippen molar-refractivity contribution in [2.75, 3.05) is 0 Å². The maximum atomic E-state index is 11.9. The van der Waals surface area contributed by atoms with E-state index >= 15 is 0 Å². The standard InChI is InChI=1S/C19H16N2O/c1-2-3-6-14-21-19(22)13-12-18(20-21)17-11-7-9-15-8-4-5-10-16(15)17/h4-5,7-13H,2-3H2,1H3. The number of fused-ring (bicyclic) bond motifs is 1. The van der Waals surface area contributed by atoms with Crippen LogP contribution >= 0.6 is 0 Å². The summed E-state index contributed by atoms with van der Waals surface area (Å²) in [5.74, 6) is 2.96. The zero-order valence-corrected chi connectivity index (χ0v) is 12.4. The predicted octanol–water partition coefficient (Wildman–Crippen LogP) is 3.67. The van der Waals surface area contributed by atoms with Crippen molar-refractivity contribution in [3.05, 3.63) is 65.0 Å². The summed E-state index contributed by atoms with van der Waals surface area (Å²) >= 11 is 0. The fourth-order valence-corrected chi connectivity index (χ4v) is 2.34. The molecule has 0 fully saturated rings. The molecule has 2 aromatic carbocycles. The van der Waals surface area contributed by atoms with Gasteiger partial charge in [-0.25, -0.2) is 0 Å². The molecule has 0 N–H and O–H groups in total. The van der Waals surface area contributed by atoms with Gasteiger partial charge in [0.05, 0.1) is 5.69 Å². The first kappa shape index (κ1) is 14.1. The van der Waals surface area contributed by atoms with Crippen LogP contribution in [-0.2, 0) is 0 Å². The number of hydrogen-bond acceptors (Lipinski definition) is 2. The third kappa shape index (κ3) is 2.77. The lowest BCUT2D eigenvalue weighted by molar-refractivity contribution is 0.839. The van der Waals surface area contributed by atoms with Gasteiger partial charge < -0.3 is 0 Å². The summed E-state index contributed by atoms with van der Waals surface area (Å²) in [6.45, 7) is 2.05. The van der Waals surface area contributed by atoms with E-state index in [1.54, 1.807) is 6.07 Å². The highest BCUT2D eigenvalue weighted by atomic mass is 16.1. The minimum absolute atomic E-state index is 0.201. The lowest BCUT2D eigenvalue weighted by Crippen LogP contribution is -2.18. The minimum Gasteiger partial charge on any atom is -0.267 e. The highest BCUT2D eigenvalue weighted by Crippen LogP contribution is 2.26. The van der Waals surface area contributed by atoms with Gasteiger partial charge in [-0.2, -0.15) is 9.78 Å². The largest absolute Gasteiger partial charge is 0.279 e. The van der Waals surface area contributed by atoms with Crippen LogP contribution in [0.2, 0.25) is 0 Å². The highest BCUT2D eigenvalue weighted by molar-refractivity contribution is 5.95. The molecule has 0 atom stereocenters. The molecule has 0 saturated carbocycles. The van der Waals surface area contributed by atoms with Crippen molar-refractivity contribution >= 4 is 10.8 Å². The van der Waals surface area contributed by atoms with Gasteiger partial charge in [0.2, 0.25) is 0 Å². The number of aromatic nitrogens is 2. The fraction of sp³-hybridized carbons (Fsp3) is 0.158. The Bertz CT molecular complexity index is 924. The monoisotopic (exact) mass is 288 g/mol. The number of unbranched alkanes of at least 4 members (excludes halogenated alkanes) is 1.